The molecule has 4 nitrogen and oxygen atoms in total. The quantitative estimate of drug-likeness (QED) is 0.556. The van der Waals surface area contributed by atoms with Crippen molar-refractivity contribution >= 4 is 5.71 Å². The summed E-state index contributed by atoms with van der Waals surface area (Å²) in [4.78, 5) is 6.33. The molecule has 0 fully saturated rings. The van der Waals surface area contributed by atoms with Gasteiger partial charge in [-0.15, -0.1) is 0 Å². The first kappa shape index (κ1) is 13.6. The van der Waals surface area contributed by atoms with Gasteiger partial charge in [-0.3, -0.25) is 9.99 Å². The van der Waals surface area contributed by atoms with Crippen LogP contribution in [0.1, 0.15) is 19.4 Å². The average molecular weight is 234 g/mol. The number of pyridine rings is 1. The molecule has 4 heteroatoms. The Morgan fingerprint density at radius 3 is 2.76 bits per heavy atom. The second-order valence-electron chi connectivity index (χ2n) is 4.34. The van der Waals surface area contributed by atoms with Crippen LogP contribution in [0.25, 0.3) is 0 Å². The molecule has 0 N–H and O–H groups in total. The fourth-order valence-corrected chi connectivity index (χ4v) is 1.62. The second kappa shape index (κ2) is 7.01. The van der Waals surface area contributed by atoms with Crippen LogP contribution in [-0.4, -0.2) is 47.8 Å². The maximum Gasteiger partial charge on any atom is 0.0622 e. The Bertz CT molecular complexity index is 348. The van der Waals surface area contributed by atoms with Crippen LogP contribution < -0.4 is 0 Å². The van der Waals surface area contributed by atoms with Crippen molar-refractivity contribution in [1.82, 2.24) is 14.9 Å². The molecular formula is C13H22N4. The van der Waals surface area contributed by atoms with E-state index in [0.29, 0.717) is 0 Å². The lowest BCUT2D eigenvalue weighted by Crippen LogP contribution is -2.26. The zero-order chi connectivity index (χ0) is 12.7. The predicted octanol–water partition coefficient (Wildman–Crippen LogP) is 1.84. The summed E-state index contributed by atoms with van der Waals surface area (Å²) in [5.41, 5.74) is 2.30. The van der Waals surface area contributed by atoms with Crippen LogP contribution in [0.2, 0.25) is 0 Å². The molecule has 0 bridgehead atoms. The summed E-state index contributed by atoms with van der Waals surface area (Å²) in [6.07, 6.45) is 3.66. The molecular weight excluding hydrogens is 212 g/mol. The standard InChI is InChI=1S/C13H22N4/c1-5-16(3)10-12(2)15-17(4)11-13-7-6-8-14-9-13/h6-9H,5,10-11H2,1-4H3/b15-12+. The Morgan fingerprint density at radius 2 is 2.18 bits per heavy atom. The van der Waals surface area contributed by atoms with Crippen molar-refractivity contribution < 1.29 is 0 Å². The highest BCUT2D eigenvalue weighted by Crippen LogP contribution is 2.01. The van der Waals surface area contributed by atoms with Crippen LogP contribution in [-0.2, 0) is 6.54 Å². The lowest BCUT2D eigenvalue weighted by atomic mass is 10.3. The van der Waals surface area contributed by atoms with Gasteiger partial charge in [-0.1, -0.05) is 13.0 Å². The molecule has 17 heavy (non-hydrogen) atoms. The van der Waals surface area contributed by atoms with E-state index in [1.807, 2.05) is 24.3 Å². The zero-order valence-corrected chi connectivity index (χ0v) is 11.2. The third kappa shape index (κ3) is 5.45. The molecule has 1 rings (SSSR count). The van der Waals surface area contributed by atoms with Gasteiger partial charge < -0.3 is 4.90 Å². The molecule has 0 aliphatic rings. The Labute approximate surface area is 104 Å². The highest BCUT2D eigenvalue weighted by molar-refractivity contribution is 5.83. The Kier molecular flexibility index (Phi) is 5.63. The fraction of sp³-hybridized carbons (Fsp3) is 0.538. The number of aromatic nitrogens is 1. The molecule has 0 saturated heterocycles. The fourth-order valence-electron chi connectivity index (χ4n) is 1.62. The van der Waals surface area contributed by atoms with Crippen molar-refractivity contribution in [2.45, 2.75) is 20.4 Å². The van der Waals surface area contributed by atoms with Gasteiger partial charge in [-0.25, -0.2) is 0 Å². The third-order valence-electron chi connectivity index (χ3n) is 2.51. The molecule has 0 aliphatic carbocycles. The minimum absolute atomic E-state index is 0.793. The van der Waals surface area contributed by atoms with Crippen LogP contribution in [0.4, 0.5) is 0 Å². The monoisotopic (exact) mass is 234 g/mol. The summed E-state index contributed by atoms with van der Waals surface area (Å²) >= 11 is 0. The van der Waals surface area contributed by atoms with E-state index in [1.165, 1.54) is 5.56 Å². The number of rotatable bonds is 6. The highest BCUT2D eigenvalue weighted by Gasteiger charge is 2.00. The van der Waals surface area contributed by atoms with Crippen LogP contribution in [0, 0.1) is 0 Å². The minimum atomic E-state index is 0.793. The molecule has 1 heterocycles. The van der Waals surface area contributed by atoms with Crippen molar-refractivity contribution in [1.29, 1.82) is 0 Å². The van der Waals surface area contributed by atoms with E-state index in [9.17, 15) is 0 Å². The molecule has 0 saturated carbocycles. The minimum Gasteiger partial charge on any atom is -0.301 e. The summed E-state index contributed by atoms with van der Waals surface area (Å²) in [6.45, 7) is 6.95. The summed E-state index contributed by atoms with van der Waals surface area (Å²) < 4.78 is 0. The zero-order valence-electron chi connectivity index (χ0n) is 11.2. The van der Waals surface area contributed by atoms with Gasteiger partial charge in [0.2, 0.25) is 0 Å². The lowest BCUT2D eigenvalue weighted by Gasteiger charge is -2.17. The van der Waals surface area contributed by atoms with Gasteiger partial charge in [0.1, 0.15) is 0 Å². The number of hydrazone groups is 1. The van der Waals surface area contributed by atoms with Crippen molar-refractivity contribution in [3.05, 3.63) is 30.1 Å². The highest BCUT2D eigenvalue weighted by atomic mass is 15.4. The molecule has 0 unspecified atom stereocenters. The van der Waals surface area contributed by atoms with Crippen molar-refractivity contribution in [2.24, 2.45) is 5.10 Å². The summed E-state index contributed by atoms with van der Waals surface area (Å²) in [7, 11) is 4.09. The van der Waals surface area contributed by atoms with Crippen molar-refractivity contribution in [2.75, 3.05) is 27.2 Å². The van der Waals surface area contributed by atoms with Crippen LogP contribution in [0.15, 0.2) is 29.6 Å². The van der Waals surface area contributed by atoms with Gasteiger partial charge in [-0.05, 0) is 32.1 Å². The second-order valence-corrected chi connectivity index (χ2v) is 4.34. The predicted molar refractivity (Wildman–Crippen MR) is 72.0 cm³/mol. The first-order valence-electron chi connectivity index (χ1n) is 5.94. The van der Waals surface area contributed by atoms with Gasteiger partial charge in [0, 0.05) is 31.7 Å². The maximum absolute atomic E-state index is 4.54. The van der Waals surface area contributed by atoms with E-state index in [-0.39, 0.29) is 0 Å². The molecule has 0 aromatic carbocycles. The van der Waals surface area contributed by atoms with E-state index in [0.717, 1.165) is 25.3 Å². The summed E-state index contributed by atoms with van der Waals surface area (Å²) in [5, 5.41) is 6.49. The first-order chi connectivity index (χ1) is 8.11. The Morgan fingerprint density at radius 1 is 1.41 bits per heavy atom. The Hall–Kier alpha value is -1.42. The number of hydrogen-bond acceptors (Lipinski definition) is 4. The molecule has 1 aromatic rings. The molecule has 0 radical (unpaired) electrons. The smallest absolute Gasteiger partial charge is 0.0622 e. The number of nitrogens with zero attached hydrogens (tertiary/aromatic N) is 4. The third-order valence-corrected chi connectivity index (χ3v) is 2.51. The molecule has 1 aromatic heterocycles. The van der Waals surface area contributed by atoms with E-state index in [4.69, 9.17) is 0 Å². The normalized spacial score (nSPS) is 11.9. The van der Waals surface area contributed by atoms with Gasteiger partial charge in [-0.2, -0.15) is 5.10 Å². The Balaban J connectivity index is 2.48. The average Bonchev–Trinajstić information content (AvgIpc) is 2.29. The molecule has 94 valence electrons. The van der Waals surface area contributed by atoms with E-state index in [2.05, 4.69) is 41.9 Å². The van der Waals surface area contributed by atoms with Crippen molar-refractivity contribution in [3.63, 3.8) is 0 Å². The van der Waals surface area contributed by atoms with Gasteiger partial charge in [0.25, 0.3) is 0 Å². The van der Waals surface area contributed by atoms with Gasteiger partial charge >= 0.3 is 0 Å². The molecule has 0 amide bonds. The van der Waals surface area contributed by atoms with E-state index >= 15 is 0 Å². The first-order valence-corrected chi connectivity index (χ1v) is 5.94. The van der Waals surface area contributed by atoms with Crippen LogP contribution >= 0.6 is 0 Å². The van der Waals surface area contributed by atoms with E-state index < -0.39 is 0 Å². The topological polar surface area (TPSA) is 31.7 Å². The van der Waals surface area contributed by atoms with Crippen LogP contribution in [0.5, 0.6) is 0 Å². The molecule has 0 aliphatic heterocycles. The van der Waals surface area contributed by atoms with Gasteiger partial charge in [0.05, 0.1) is 6.54 Å². The lowest BCUT2D eigenvalue weighted by molar-refractivity contribution is 0.339. The summed E-state index contributed by atoms with van der Waals surface area (Å²) in [5.74, 6) is 0. The summed E-state index contributed by atoms with van der Waals surface area (Å²) in [6, 6.07) is 4.01. The number of hydrogen-bond donors (Lipinski definition) is 0. The van der Waals surface area contributed by atoms with Crippen molar-refractivity contribution in [3.8, 4) is 0 Å². The van der Waals surface area contributed by atoms with Crippen LogP contribution in [0.3, 0.4) is 0 Å². The molecule has 0 spiro atoms. The molecule has 0 atom stereocenters. The largest absolute Gasteiger partial charge is 0.301 e. The maximum atomic E-state index is 4.54. The SMILES string of the molecule is CCN(C)C/C(C)=N/N(C)Cc1cccnc1. The van der Waals surface area contributed by atoms with Gasteiger partial charge in [0.15, 0.2) is 0 Å². The van der Waals surface area contributed by atoms with E-state index in [1.54, 1.807) is 6.20 Å².